The van der Waals surface area contributed by atoms with E-state index < -0.39 is 6.09 Å². The normalized spacial score (nSPS) is 10.1. The summed E-state index contributed by atoms with van der Waals surface area (Å²) in [5.74, 6) is 0.683. The monoisotopic (exact) mass is 245 g/mol. The number of carbonyl (C=O) groups is 2. The van der Waals surface area contributed by atoms with Gasteiger partial charge in [0.05, 0.1) is 12.8 Å². The Labute approximate surface area is 103 Å². The largest absolute Gasteiger partial charge is 0.497 e. The molecule has 1 heterocycles. The molecule has 0 bridgehead atoms. The topological polar surface area (TPSA) is 68.5 Å². The predicted molar refractivity (Wildman–Crippen MR) is 65.2 cm³/mol. The molecule has 5 heteroatoms. The molecular formula is C13H11NO4. The number of carboxylic acid groups (broad SMARTS) is 1. The first-order valence-electron chi connectivity index (χ1n) is 5.21. The van der Waals surface area contributed by atoms with Gasteiger partial charge in [-0.15, -0.1) is 0 Å². The van der Waals surface area contributed by atoms with Gasteiger partial charge in [-0.2, -0.15) is 0 Å². The van der Waals surface area contributed by atoms with Gasteiger partial charge in [-0.3, -0.25) is 9.36 Å². The molecule has 0 saturated carbocycles. The number of carbonyl (C=O) groups excluding carboxylic acids is 1. The van der Waals surface area contributed by atoms with Crippen molar-refractivity contribution in [3.63, 3.8) is 0 Å². The zero-order valence-corrected chi connectivity index (χ0v) is 9.66. The van der Waals surface area contributed by atoms with Crippen molar-refractivity contribution in [3.05, 3.63) is 42.1 Å². The Morgan fingerprint density at radius 1 is 1.33 bits per heavy atom. The maximum atomic E-state index is 11.1. The van der Waals surface area contributed by atoms with Crippen LogP contribution in [0.25, 0.3) is 11.3 Å². The number of ether oxygens (including phenoxy) is 1. The molecule has 2 aromatic rings. The van der Waals surface area contributed by atoms with Gasteiger partial charge in [0.2, 0.25) is 0 Å². The average Bonchev–Trinajstić information content (AvgIpc) is 2.83. The van der Waals surface area contributed by atoms with Gasteiger partial charge in [-0.1, -0.05) is 0 Å². The number of hydrogen-bond donors (Lipinski definition) is 1. The second-order valence-electron chi connectivity index (χ2n) is 3.66. The summed E-state index contributed by atoms with van der Waals surface area (Å²) in [7, 11) is 1.56. The van der Waals surface area contributed by atoms with Crippen molar-refractivity contribution >= 4 is 12.4 Å². The fourth-order valence-electron chi connectivity index (χ4n) is 1.69. The van der Waals surface area contributed by atoms with Crippen molar-refractivity contribution in [1.29, 1.82) is 0 Å². The van der Waals surface area contributed by atoms with Gasteiger partial charge >= 0.3 is 6.09 Å². The molecule has 2 rings (SSSR count). The van der Waals surface area contributed by atoms with Crippen LogP contribution < -0.4 is 4.74 Å². The molecule has 0 aliphatic heterocycles. The Morgan fingerprint density at radius 3 is 2.50 bits per heavy atom. The van der Waals surface area contributed by atoms with Gasteiger partial charge in [0, 0.05) is 11.8 Å². The fourth-order valence-corrected chi connectivity index (χ4v) is 1.69. The Kier molecular flexibility index (Phi) is 3.14. The van der Waals surface area contributed by atoms with Gasteiger partial charge in [-0.05, 0) is 35.9 Å². The van der Waals surface area contributed by atoms with Crippen LogP contribution in [0.2, 0.25) is 0 Å². The van der Waals surface area contributed by atoms with Gasteiger partial charge in [0.1, 0.15) is 5.75 Å². The van der Waals surface area contributed by atoms with E-state index in [1.54, 1.807) is 31.4 Å². The highest BCUT2D eigenvalue weighted by atomic mass is 16.5. The number of aldehydes is 1. The maximum Gasteiger partial charge on any atom is 0.416 e. The smallest absolute Gasteiger partial charge is 0.416 e. The third kappa shape index (κ3) is 2.10. The Hall–Kier alpha value is -2.56. The lowest BCUT2D eigenvalue weighted by Gasteiger charge is -2.05. The van der Waals surface area contributed by atoms with E-state index in [0.29, 0.717) is 28.9 Å². The number of aromatic nitrogens is 1. The molecule has 1 aromatic heterocycles. The first kappa shape index (κ1) is 11.9. The summed E-state index contributed by atoms with van der Waals surface area (Å²) in [6.45, 7) is 0. The first-order chi connectivity index (χ1) is 8.65. The Bertz CT molecular complexity index is 584. The number of nitrogens with zero attached hydrogens (tertiary/aromatic N) is 1. The number of benzene rings is 1. The van der Waals surface area contributed by atoms with Gasteiger partial charge in [-0.25, -0.2) is 4.79 Å². The molecule has 0 atom stereocenters. The van der Waals surface area contributed by atoms with Crippen molar-refractivity contribution in [1.82, 2.24) is 4.57 Å². The highest BCUT2D eigenvalue weighted by Gasteiger charge is 2.12. The fraction of sp³-hybridized carbons (Fsp3) is 0.0769. The highest BCUT2D eigenvalue weighted by Crippen LogP contribution is 2.24. The maximum absolute atomic E-state index is 11.1. The van der Waals surface area contributed by atoms with Crippen LogP contribution in [-0.4, -0.2) is 29.2 Å². The second-order valence-corrected chi connectivity index (χ2v) is 3.66. The van der Waals surface area contributed by atoms with E-state index in [-0.39, 0.29) is 0 Å². The molecule has 0 radical (unpaired) electrons. The van der Waals surface area contributed by atoms with E-state index in [4.69, 9.17) is 9.84 Å². The minimum Gasteiger partial charge on any atom is -0.497 e. The summed E-state index contributed by atoms with van der Waals surface area (Å²) in [5.41, 5.74) is 1.47. The average molecular weight is 245 g/mol. The van der Waals surface area contributed by atoms with E-state index in [1.807, 2.05) is 0 Å². The minimum atomic E-state index is -1.13. The van der Waals surface area contributed by atoms with Crippen LogP contribution in [0.3, 0.4) is 0 Å². The van der Waals surface area contributed by atoms with Crippen LogP contribution in [-0.2, 0) is 0 Å². The van der Waals surface area contributed by atoms with Crippen LogP contribution in [0.15, 0.2) is 36.5 Å². The summed E-state index contributed by atoms with van der Waals surface area (Å²) in [6.07, 6.45) is 0.773. The number of rotatable bonds is 3. The summed E-state index contributed by atoms with van der Waals surface area (Å²) < 4.78 is 6.05. The van der Waals surface area contributed by atoms with Gasteiger partial charge in [0.25, 0.3) is 0 Å². The summed E-state index contributed by atoms with van der Waals surface area (Å²) in [6, 6.07) is 8.47. The molecule has 5 nitrogen and oxygen atoms in total. The third-order valence-corrected chi connectivity index (χ3v) is 2.57. The van der Waals surface area contributed by atoms with E-state index in [0.717, 1.165) is 4.57 Å². The Morgan fingerprint density at radius 2 is 2.00 bits per heavy atom. The minimum absolute atomic E-state index is 0.322. The number of methoxy groups -OCH3 is 1. The molecule has 0 aliphatic carbocycles. The predicted octanol–water partition coefficient (Wildman–Crippen LogP) is 2.50. The summed E-state index contributed by atoms with van der Waals surface area (Å²) in [5, 5.41) is 9.06. The zero-order valence-electron chi connectivity index (χ0n) is 9.66. The third-order valence-electron chi connectivity index (χ3n) is 2.57. The molecule has 1 N–H and O–H groups in total. The Balaban J connectivity index is 2.51. The van der Waals surface area contributed by atoms with Crippen molar-refractivity contribution in [2.45, 2.75) is 0 Å². The number of hydrogen-bond acceptors (Lipinski definition) is 3. The quantitative estimate of drug-likeness (QED) is 0.843. The van der Waals surface area contributed by atoms with Crippen molar-refractivity contribution in [3.8, 4) is 17.0 Å². The van der Waals surface area contributed by atoms with E-state index in [2.05, 4.69) is 0 Å². The lowest BCUT2D eigenvalue weighted by Crippen LogP contribution is -2.07. The molecular weight excluding hydrogens is 234 g/mol. The van der Waals surface area contributed by atoms with E-state index in [9.17, 15) is 9.59 Å². The molecule has 0 aliphatic rings. The molecule has 0 saturated heterocycles. The summed E-state index contributed by atoms with van der Waals surface area (Å²) >= 11 is 0. The molecule has 0 unspecified atom stereocenters. The SMILES string of the molecule is COc1ccc(-c2cc(C=O)cn2C(=O)O)cc1. The first-order valence-corrected chi connectivity index (χ1v) is 5.21. The molecule has 0 amide bonds. The zero-order chi connectivity index (χ0) is 13.1. The van der Waals surface area contributed by atoms with E-state index >= 15 is 0 Å². The molecule has 1 aromatic carbocycles. The lowest BCUT2D eigenvalue weighted by molar-refractivity contribution is 0.112. The van der Waals surface area contributed by atoms with Crippen LogP contribution in [0, 0.1) is 0 Å². The van der Waals surface area contributed by atoms with Gasteiger partial charge in [0.15, 0.2) is 6.29 Å². The van der Waals surface area contributed by atoms with Crippen LogP contribution in [0.4, 0.5) is 4.79 Å². The van der Waals surface area contributed by atoms with Crippen LogP contribution >= 0.6 is 0 Å². The van der Waals surface area contributed by atoms with Gasteiger partial charge < -0.3 is 9.84 Å². The van der Waals surface area contributed by atoms with Crippen LogP contribution in [0.1, 0.15) is 10.4 Å². The van der Waals surface area contributed by atoms with Crippen molar-refractivity contribution < 1.29 is 19.4 Å². The van der Waals surface area contributed by atoms with Crippen molar-refractivity contribution in [2.24, 2.45) is 0 Å². The van der Waals surface area contributed by atoms with E-state index in [1.165, 1.54) is 12.3 Å². The second kappa shape index (κ2) is 4.75. The van der Waals surface area contributed by atoms with Crippen molar-refractivity contribution in [2.75, 3.05) is 7.11 Å². The molecule has 92 valence electrons. The van der Waals surface area contributed by atoms with Crippen LogP contribution in [0.5, 0.6) is 5.75 Å². The standard InChI is InChI=1S/C13H11NO4/c1-18-11-4-2-10(3-5-11)12-6-9(8-15)7-14(12)13(16)17/h2-8H,1H3,(H,16,17). The molecule has 0 spiro atoms. The summed E-state index contributed by atoms with van der Waals surface area (Å²) in [4.78, 5) is 21.8. The molecule has 0 fully saturated rings. The highest BCUT2D eigenvalue weighted by molar-refractivity contribution is 5.84. The lowest BCUT2D eigenvalue weighted by atomic mass is 10.1. The molecule has 18 heavy (non-hydrogen) atoms.